The van der Waals surface area contributed by atoms with Crippen molar-refractivity contribution in [3.8, 4) is 62.1 Å². The molecule has 0 radical (unpaired) electrons. The number of fused-ring (bicyclic) bond motifs is 6. The van der Waals surface area contributed by atoms with Gasteiger partial charge in [0.2, 0.25) is 0 Å². The van der Waals surface area contributed by atoms with Gasteiger partial charge in [0.15, 0.2) is 17.5 Å². The minimum absolute atomic E-state index is 0.569. The molecule has 0 unspecified atom stereocenters. The van der Waals surface area contributed by atoms with Crippen molar-refractivity contribution in [3.63, 3.8) is 0 Å². The highest BCUT2D eigenvalue weighted by Gasteiger charge is 2.19. The molecule has 0 amide bonds. The van der Waals surface area contributed by atoms with E-state index in [1.807, 2.05) is 72.8 Å². The van der Waals surface area contributed by atoms with Gasteiger partial charge >= 0.3 is 0 Å². The maximum absolute atomic E-state index is 6.73. The first-order valence-corrected chi connectivity index (χ1v) is 18.8. The lowest BCUT2D eigenvalue weighted by atomic mass is 9.97. The van der Waals surface area contributed by atoms with Crippen LogP contribution in [0.5, 0.6) is 0 Å². The second kappa shape index (κ2) is 13.0. The maximum atomic E-state index is 6.73. The van der Waals surface area contributed by atoms with Crippen LogP contribution in [0.15, 0.2) is 199 Å². The van der Waals surface area contributed by atoms with E-state index in [9.17, 15) is 0 Å². The molecule has 3 heterocycles. The minimum Gasteiger partial charge on any atom is -0.455 e. The van der Waals surface area contributed by atoms with Crippen molar-refractivity contribution in [1.82, 2.24) is 19.5 Å². The van der Waals surface area contributed by atoms with E-state index in [-0.39, 0.29) is 0 Å². The molecule has 0 N–H and O–H groups in total. The van der Waals surface area contributed by atoms with Crippen LogP contribution in [0, 0.1) is 0 Å². The fraction of sp³-hybridized carbons (Fsp3) is 0. The van der Waals surface area contributed by atoms with E-state index >= 15 is 0 Å². The smallest absolute Gasteiger partial charge is 0.167 e. The molecule has 0 aliphatic rings. The molecule has 3 aromatic heterocycles. The molecule has 5 heteroatoms. The standard InChI is InChI=1S/C51H32N4O/c1-4-14-33(15-5-1)49-52-50(34-16-6-2-7-17-34)54-51(53-49)43-24-13-23-42-41-28-26-38(32-47(41)56-48(42)43)36-19-12-18-35(30-36)37-27-29-46-44(31-37)40-22-10-11-25-45(40)55(46)39-20-8-3-9-21-39/h1-32H. The van der Waals surface area contributed by atoms with Crippen LogP contribution < -0.4 is 0 Å². The number of hydrogen-bond donors (Lipinski definition) is 0. The van der Waals surface area contributed by atoms with Crippen LogP contribution in [0.2, 0.25) is 0 Å². The van der Waals surface area contributed by atoms with Gasteiger partial charge in [-0.05, 0) is 76.9 Å². The van der Waals surface area contributed by atoms with E-state index in [2.05, 4.69) is 126 Å². The summed E-state index contributed by atoms with van der Waals surface area (Å²) < 4.78 is 9.08. The highest BCUT2D eigenvalue weighted by Crippen LogP contribution is 2.39. The number of nitrogens with zero attached hydrogens (tertiary/aromatic N) is 4. The van der Waals surface area contributed by atoms with Crippen LogP contribution in [0.25, 0.3) is 106 Å². The van der Waals surface area contributed by atoms with Crippen molar-refractivity contribution in [1.29, 1.82) is 0 Å². The first-order valence-electron chi connectivity index (χ1n) is 18.8. The Morgan fingerprint density at radius 1 is 0.339 bits per heavy atom. The van der Waals surface area contributed by atoms with Crippen molar-refractivity contribution >= 4 is 43.7 Å². The number of benzene rings is 8. The molecule has 56 heavy (non-hydrogen) atoms. The quantitative estimate of drug-likeness (QED) is 0.172. The lowest BCUT2D eigenvalue weighted by Crippen LogP contribution is -2.00. The predicted octanol–water partition coefficient (Wildman–Crippen LogP) is 13.2. The third-order valence-corrected chi connectivity index (χ3v) is 10.7. The van der Waals surface area contributed by atoms with Crippen LogP contribution in [0.1, 0.15) is 0 Å². The molecule has 0 bridgehead atoms. The number of aromatic nitrogens is 4. The van der Waals surface area contributed by atoms with Crippen molar-refractivity contribution in [2.45, 2.75) is 0 Å². The SMILES string of the molecule is c1ccc(-c2nc(-c3ccccc3)nc(-c3cccc4c3oc3cc(-c5cccc(-c6ccc7c(c6)c6ccccc6n7-c6ccccc6)c5)ccc34)n2)cc1. The van der Waals surface area contributed by atoms with E-state index in [4.69, 9.17) is 19.4 Å². The fourth-order valence-electron chi connectivity index (χ4n) is 7.97. The van der Waals surface area contributed by atoms with Gasteiger partial charge in [-0.3, -0.25) is 0 Å². The Kier molecular flexibility index (Phi) is 7.42. The Balaban J connectivity index is 0.999. The monoisotopic (exact) mass is 716 g/mol. The van der Waals surface area contributed by atoms with Gasteiger partial charge < -0.3 is 8.98 Å². The van der Waals surface area contributed by atoms with Crippen LogP contribution in [0.4, 0.5) is 0 Å². The summed E-state index contributed by atoms with van der Waals surface area (Å²) in [6.07, 6.45) is 0. The second-order valence-corrected chi connectivity index (χ2v) is 14.0. The van der Waals surface area contributed by atoms with Crippen molar-refractivity contribution in [2.75, 3.05) is 0 Å². The van der Waals surface area contributed by atoms with Crippen LogP contribution in [-0.2, 0) is 0 Å². The molecule has 0 fully saturated rings. The lowest BCUT2D eigenvalue weighted by Gasteiger charge is -2.09. The van der Waals surface area contributed by atoms with Crippen LogP contribution >= 0.6 is 0 Å². The molecule has 0 aliphatic heterocycles. The molecule has 11 rings (SSSR count). The van der Waals surface area contributed by atoms with E-state index < -0.39 is 0 Å². The van der Waals surface area contributed by atoms with Gasteiger partial charge in [-0.25, -0.2) is 15.0 Å². The van der Waals surface area contributed by atoms with Gasteiger partial charge in [0, 0.05) is 38.4 Å². The summed E-state index contributed by atoms with van der Waals surface area (Å²) in [6, 6.07) is 67.6. The third-order valence-electron chi connectivity index (χ3n) is 10.7. The molecule has 0 saturated carbocycles. The minimum atomic E-state index is 0.569. The molecule has 8 aromatic carbocycles. The average molecular weight is 717 g/mol. The predicted molar refractivity (Wildman–Crippen MR) is 229 cm³/mol. The van der Waals surface area contributed by atoms with Crippen LogP contribution in [0.3, 0.4) is 0 Å². The molecular weight excluding hydrogens is 685 g/mol. The molecule has 11 aromatic rings. The average Bonchev–Trinajstić information content (AvgIpc) is 3.82. The van der Waals surface area contributed by atoms with E-state index in [0.717, 1.165) is 61.0 Å². The number of rotatable bonds is 6. The van der Waals surface area contributed by atoms with E-state index in [1.54, 1.807) is 0 Å². The molecule has 0 spiro atoms. The third kappa shape index (κ3) is 5.37. The second-order valence-electron chi connectivity index (χ2n) is 14.0. The first-order chi connectivity index (χ1) is 27.7. The molecular formula is C51H32N4O. The lowest BCUT2D eigenvalue weighted by molar-refractivity contribution is 0.669. The zero-order valence-electron chi connectivity index (χ0n) is 30.2. The Morgan fingerprint density at radius 3 is 1.61 bits per heavy atom. The molecule has 0 saturated heterocycles. The highest BCUT2D eigenvalue weighted by atomic mass is 16.3. The summed E-state index contributed by atoms with van der Waals surface area (Å²) in [4.78, 5) is 14.9. The fourth-order valence-corrected chi connectivity index (χ4v) is 7.97. The van der Waals surface area contributed by atoms with Gasteiger partial charge in [0.05, 0.1) is 16.6 Å². The van der Waals surface area contributed by atoms with Gasteiger partial charge in [0.25, 0.3) is 0 Å². The molecule has 262 valence electrons. The molecule has 0 atom stereocenters. The van der Waals surface area contributed by atoms with E-state index in [0.29, 0.717) is 17.5 Å². The largest absolute Gasteiger partial charge is 0.455 e. The number of para-hydroxylation sites is 3. The molecule has 5 nitrogen and oxygen atoms in total. The Morgan fingerprint density at radius 2 is 0.875 bits per heavy atom. The maximum Gasteiger partial charge on any atom is 0.167 e. The zero-order chi connectivity index (χ0) is 37.0. The highest BCUT2D eigenvalue weighted by molar-refractivity contribution is 6.11. The summed E-state index contributed by atoms with van der Waals surface area (Å²) in [7, 11) is 0. The Labute approximate surface area is 322 Å². The Hall–Kier alpha value is -7.63. The first kappa shape index (κ1) is 31.9. The van der Waals surface area contributed by atoms with Gasteiger partial charge in [-0.1, -0.05) is 140 Å². The van der Waals surface area contributed by atoms with Gasteiger partial charge in [-0.2, -0.15) is 0 Å². The number of furan rings is 1. The summed E-state index contributed by atoms with van der Waals surface area (Å²) in [5.74, 6) is 1.80. The van der Waals surface area contributed by atoms with Gasteiger partial charge in [-0.15, -0.1) is 0 Å². The van der Waals surface area contributed by atoms with Crippen molar-refractivity contribution in [3.05, 3.63) is 194 Å². The van der Waals surface area contributed by atoms with Crippen molar-refractivity contribution < 1.29 is 4.42 Å². The van der Waals surface area contributed by atoms with Crippen LogP contribution in [-0.4, -0.2) is 19.5 Å². The summed E-state index contributed by atoms with van der Waals surface area (Å²) in [5, 5.41) is 4.53. The summed E-state index contributed by atoms with van der Waals surface area (Å²) >= 11 is 0. The van der Waals surface area contributed by atoms with E-state index in [1.165, 1.54) is 27.4 Å². The summed E-state index contributed by atoms with van der Waals surface area (Å²) in [5.41, 5.74) is 12.3. The topological polar surface area (TPSA) is 56.7 Å². The molecule has 0 aliphatic carbocycles. The normalized spacial score (nSPS) is 11.6. The van der Waals surface area contributed by atoms with Gasteiger partial charge in [0.1, 0.15) is 11.2 Å². The number of hydrogen-bond acceptors (Lipinski definition) is 4. The summed E-state index contributed by atoms with van der Waals surface area (Å²) in [6.45, 7) is 0. The zero-order valence-corrected chi connectivity index (χ0v) is 30.2. The van der Waals surface area contributed by atoms with Crippen molar-refractivity contribution in [2.24, 2.45) is 0 Å². The Bertz CT molecular complexity index is 3180.